The van der Waals surface area contributed by atoms with E-state index in [1.165, 1.54) is 49.8 Å². The molecule has 5 aliphatic rings. The van der Waals surface area contributed by atoms with Crippen LogP contribution >= 0.6 is 0 Å². The maximum atomic E-state index is 6.09. The first-order valence-corrected chi connectivity index (χ1v) is 11.5. The van der Waals surface area contributed by atoms with E-state index in [9.17, 15) is 0 Å². The van der Waals surface area contributed by atoms with Crippen molar-refractivity contribution in [3.05, 3.63) is 70.5 Å². The number of nitrogens with two attached hydrogens (primary N) is 2. The van der Waals surface area contributed by atoms with Crippen molar-refractivity contribution >= 4 is 5.71 Å². The van der Waals surface area contributed by atoms with Gasteiger partial charge in [0, 0.05) is 23.2 Å². The fourth-order valence-electron chi connectivity index (χ4n) is 6.08. The van der Waals surface area contributed by atoms with Crippen molar-refractivity contribution < 1.29 is 0 Å². The maximum absolute atomic E-state index is 6.09. The van der Waals surface area contributed by atoms with Gasteiger partial charge in [0.25, 0.3) is 0 Å². The monoisotopic (exact) mass is 387 g/mol. The molecule has 4 aliphatic carbocycles. The van der Waals surface area contributed by atoms with Crippen LogP contribution in [0, 0.1) is 17.8 Å². The Balaban J connectivity index is 1.60. The highest BCUT2D eigenvalue weighted by Crippen LogP contribution is 2.48. The molecule has 5 rings (SSSR count). The van der Waals surface area contributed by atoms with E-state index in [0.29, 0.717) is 17.8 Å². The van der Waals surface area contributed by atoms with Crippen molar-refractivity contribution in [2.24, 2.45) is 34.2 Å². The molecule has 0 aromatic heterocycles. The Morgan fingerprint density at radius 1 is 0.931 bits per heavy atom. The molecule has 0 amide bonds. The zero-order valence-corrected chi connectivity index (χ0v) is 17.3. The van der Waals surface area contributed by atoms with Gasteiger partial charge in [0.15, 0.2) is 0 Å². The Morgan fingerprint density at radius 2 is 1.86 bits per heavy atom. The van der Waals surface area contributed by atoms with Crippen molar-refractivity contribution in [2.45, 2.75) is 64.0 Å². The minimum Gasteiger partial charge on any atom is -0.311 e. The molecule has 0 spiro atoms. The summed E-state index contributed by atoms with van der Waals surface area (Å²) < 4.78 is 0. The number of hydrogen-bond acceptors (Lipinski definition) is 3. The Labute approximate surface area is 174 Å². The standard InChI is InChI=1S/C26H33N3/c27-26(28)24-16-15-23(21-13-5-9-17-7-1-3-11-19(17)21)25(29-24)22-14-6-10-18-8-2-4-12-20(18)22/h1-3,7-9,11,19,21-22,26H,4-6,10,12-16,27-28H2. The Kier molecular flexibility index (Phi) is 5.28. The van der Waals surface area contributed by atoms with Crippen LogP contribution < -0.4 is 11.5 Å². The van der Waals surface area contributed by atoms with Crippen LogP contribution in [-0.2, 0) is 0 Å². The molecule has 0 bridgehead atoms. The molecule has 1 aliphatic heterocycles. The highest BCUT2D eigenvalue weighted by atomic mass is 14.9. The molecule has 0 radical (unpaired) electrons. The summed E-state index contributed by atoms with van der Waals surface area (Å²) in [5.41, 5.74) is 20.8. The quantitative estimate of drug-likeness (QED) is 0.650. The van der Waals surface area contributed by atoms with Gasteiger partial charge in [-0.3, -0.25) is 4.99 Å². The molecule has 0 fully saturated rings. The van der Waals surface area contributed by atoms with Crippen LogP contribution in [0.4, 0.5) is 0 Å². The molecule has 3 nitrogen and oxygen atoms in total. The summed E-state index contributed by atoms with van der Waals surface area (Å²) in [6.07, 6.45) is 26.3. The third-order valence-corrected chi connectivity index (χ3v) is 7.47. The molecule has 4 N–H and O–H groups in total. The van der Waals surface area contributed by atoms with Gasteiger partial charge in [-0.2, -0.15) is 0 Å². The van der Waals surface area contributed by atoms with Gasteiger partial charge in [-0.15, -0.1) is 0 Å². The number of aliphatic imine (C=N–C) groups is 1. The Morgan fingerprint density at radius 3 is 2.76 bits per heavy atom. The molecular weight excluding hydrogens is 354 g/mol. The van der Waals surface area contributed by atoms with Gasteiger partial charge in [-0.1, -0.05) is 48.1 Å². The molecular formula is C26H33N3. The first-order chi connectivity index (χ1) is 14.2. The summed E-state index contributed by atoms with van der Waals surface area (Å²) in [6.45, 7) is 0. The van der Waals surface area contributed by atoms with Crippen molar-refractivity contribution in [2.75, 3.05) is 0 Å². The van der Waals surface area contributed by atoms with Gasteiger partial charge in [0.05, 0.1) is 6.17 Å². The fourth-order valence-corrected chi connectivity index (χ4v) is 6.08. The molecule has 0 saturated heterocycles. The molecule has 0 aromatic rings. The molecule has 29 heavy (non-hydrogen) atoms. The van der Waals surface area contributed by atoms with Gasteiger partial charge in [-0.25, -0.2) is 0 Å². The first-order valence-electron chi connectivity index (χ1n) is 11.5. The van der Waals surface area contributed by atoms with Crippen LogP contribution in [0.3, 0.4) is 0 Å². The Hall–Kier alpha value is -1.97. The van der Waals surface area contributed by atoms with Crippen LogP contribution in [0.15, 0.2) is 75.5 Å². The summed E-state index contributed by atoms with van der Waals surface area (Å²) in [7, 11) is 0. The SMILES string of the molecule is NC(N)C1=NC(C2CCCC3=C2CCC=C3)=C(C2CCC=C3C=CC=CC32)CC1. The second-order valence-corrected chi connectivity index (χ2v) is 9.13. The second kappa shape index (κ2) is 8.04. The highest BCUT2D eigenvalue weighted by molar-refractivity contribution is 5.91. The maximum Gasteiger partial charge on any atom is 0.0920 e. The normalized spacial score (nSPS) is 31.6. The lowest BCUT2D eigenvalue weighted by molar-refractivity contribution is 0.424. The summed E-state index contributed by atoms with van der Waals surface area (Å²) in [4.78, 5) is 5.22. The van der Waals surface area contributed by atoms with Gasteiger partial charge in [0.2, 0.25) is 0 Å². The molecule has 152 valence electrons. The van der Waals surface area contributed by atoms with E-state index in [2.05, 4.69) is 42.5 Å². The summed E-state index contributed by atoms with van der Waals surface area (Å²) in [5.74, 6) is 1.53. The number of nitrogens with zero attached hydrogens (tertiary/aromatic N) is 1. The van der Waals surface area contributed by atoms with Gasteiger partial charge in [0.1, 0.15) is 0 Å². The van der Waals surface area contributed by atoms with Gasteiger partial charge < -0.3 is 11.5 Å². The van der Waals surface area contributed by atoms with Crippen molar-refractivity contribution in [3.8, 4) is 0 Å². The molecule has 1 heterocycles. The number of fused-ring (bicyclic) bond motifs is 1. The largest absolute Gasteiger partial charge is 0.311 e. The number of hydrogen-bond donors (Lipinski definition) is 2. The highest BCUT2D eigenvalue weighted by Gasteiger charge is 2.36. The summed E-state index contributed by atoms with van der Waals surface area (Å²) >= 11 is 0. The molecule has 0 saturated carbocycles. The average molecular weight is 388 g/mol. The average Bonchev–Trinajstić information content (AvgIpc) is 2.78. The van der Waals surface area contributed by atoms with Crippen LogP contribution in [0.25, 0.3) is 0 Å². The van der Waals surface area contributed by atoms with E-state index in [0.717, 1.165) is 25.0 Å². The zero-order chi connectivity index (χ0) is 19.8. The fraction of sp³-hybridized carbons (Fsp3) is 0.500. The van der Waals surface area contributed by atoms with Crippen molar-refractivity contribution in [1.82, 2.24) is 0 Å². The lowest BCUT2D eigenvalue weighted by Gasteiger charge is -2.39. The first kappa shape index (κ1) is 19.0. The van der Waals surface area contributed by atoms with Crippen molar-refractivity contribution in [1.29, 1.82) is 0 Å². The van der Waals surface area contributed by atoms with E-state index >= 15 is 0 Å². The summed E-state index contributed by atoms with van der Waals surface area (Å²) in [5, 5.41) is 0. The van der Waals surface area contributed by atoms with E-state index < -0.39 is 6.17 Å². The lowest BCUT2D eigenvalue weighted by Crippen LogP contribution is -2.41. The number of rotatable bonds is 3. The topological polar surface area (TPSA) is 64.4 Å². The Bertz CT molecular complexity index is 891. The van der Waals surface area contributed by atoms with Crippen LogP contribution in [0.5, 0.6) is 0 Å². The lowest BCUT2D eigenvalue weighted by atomic mass is 9.68. The minimum atomic E-state index is -0.436. The smallest absolute Gasteiger partial charge is 0.0920 e. The van der Waals surface area contributed by atoms with Gasteiger partial charge in [-0.05, 0) is 80.4 Å². The van der Waals surface area contributed by atoms with Crippen LogP contribution in [0.2, 0.25) is 0 Å². The van der Waals surface area contributed by atoms with Crippen LogP contribution in [-0.4, -0.2) is 11.9 Å². The molecule has 3 heteroatoms. The molecule has 0 aromatic carbocycles. The molecule has 3 atom stereocenters. The second-order valence-electron chi connectivity index (χ2n) is 9.13. The molecule has 3 unspecified atom stereocenters. The van der Waals surface area contributed by atoms with E-state index in [4.69, 9.17) is 16.5 Å². The van der Waals surface area contributed by atoms with Crippen molar-refractivity contribution in [3.63, 3.8) is 0 Å². The predicted octanol–water partition coefficient (Wildman–Crippen LogP) is 5.24. The van der Waals surface area contributed by atoms with Crippen LogP contribution in [0.1, 0.15) is 57.8 Å². The van der Waals surface area contributed by atoms with E-state index in [1.807, 2.05) is 0 Å². The third-order valence-electron chi connectivity index (χ3n) is 7.47. The summed E-state index contributed by atoms with van der Waals surface area (Å²) in [6, 6.07) is 0. The zero-order valence-electron chi connectivity index (χ0n) is 17.3. The number of allylic oxidation sites excluding steroid dienone is 11. The van der Waals surface area contributed by atoms with Gasteiger partial charge >= 0.3 is 0 Å². The third kappa shape index (κ3) is 3.55. The van der Waals surface area contributed by atoms with E-state index in [-0.39, 0.29) is 0 Å². The minimum absolute atomic E-state index is 0.436. The van der Waals surface area contributed by atoms with E-state index in [1.54, 1.807) is 16.7 Å². The predicted molar refractivity (Wildman–Crippen MR) is 121 cm³/mol.